The van der Waals surface area contributed by atoms with E-state index in [2.05, 4.69) is 40.3 Å². The van der Waals surface area contributed by atoms with Crippen molar-refractivity contribution in [3.05, 3.63) is 36.0 Å². The van der Waals surface area contributed by atoms with E-state index >= 15 is 0 Å². The summed E-state index contributed by atoms with van der Waals surface area (Å²) in [4.78, 5) is 13.2. The third-order valence-electron chi connectivity index (χ3n) is 4.69. The lowest BCUT2D eigenvalue weighted by Crippen LogP contribution is -2.12. The van der Waals surface area contributed by atoms with Crippen molar-refractivity contribution in [2.75, 3.05) is 13.4 Å². The van der Waals surface area contributed by atoms with E-state index in [-0.39, 0.29) is 5.97 Å². The lowest BCUT2D eigenvalue weighted by molar-refractivity contribution is 0.0592. The smallest absolute Gasteiger partial charge is 0.358 e. The van der Waals surface area contributed by atoms with Gasteiger partial charge in [-0.25, -0.2) is 4.79 Å². The van der Waals surface area contributed by atoms with E-state index in [0.717, 1.165) is 24.1 Å². The van der Waals surface area contributed by atoms with Gasteiger partial charge in [-0.15, -0.1) is 11.8 Å². The maximum Gasteiger partial charge on any atom is 0.358 e. The summed E-state index contributed by atoms with van der Waals surface area (Å²) in [6.45, 7) is 0. The molecule has 5 heteroatoms. The quantitative estimate of drug-likeness (QED) is 0.447. The van der Waals surface area contributed by atoms with Crippen molar-refractivity contribution in [3.8, 4) is 11.3 Å². The number of thioether (sulfide) groups is 1. The van der Waals surface area contributed by atoms with Crippen LogP contribution in [0.2, 0.25) is 0 Å². The molecule has 0 N–H and O–H groups in total. The molecule has 0 spiro atoms. The fourth-order valence-corrected chi connectivity index (χ4v) is 3.77. The monoisotopic (exact) mass is 344 g/mol. The SMILES string of the molecule is COC(=O)c1cc(-c2ccc(SC)cc2)n(C2CCCCCC2)n1. The molecule has 24 heavy (non-hydrogen) atoms. The summed E-state index contributed by atoms with van der Waals surface area (Å²) < 4.78 is 6.93. The maximum atomic E-state index is 12.0. The minimum absolute atomic E-state index is 0.362. The zero-order valence-corrected chi connectivity index (χ0v) is 15.1. The van der Waals surface area contributed by atoms with Crippen molar-refractivity contribution in [1.82, 2.24) is 9.78 Å². The van der Waals surface area contributed by atoms with Gasteiger partial charge >= 0.3 is 5.97 Å². The molecule has 0 aliphatic heterocycles. The predicted octanol–water partition coefficient (Wildman–Crippen LogP) is 4.95. The summed E-state index contributed by atoms with van der Waals surface area (Å²) in [5, 5.41) is 4.60. The number of carbonyl (C=O) groups excluding carboxylic acids is 1. The average molecular weight is 344 g/mol. The van der Waals surface area contributed by atoms with Crippen LogP contribution in [0.1, 0.15) is 55.1 Å². The molecule has 0 radical (unpaired) electrons. The van der Waals surface area contributed by atoms with Crippen LogP contribution in [0, 0.1) is 0 Å². The highest BCUT2D eigenvalue weighted by Gasteiger charge is 2.22. The number of carbonyl (C=O) groups is 1. The van der Waals surface area contributed by atoms with Crippen LogP contribution in [-0.4, -0.2) is 29.1 Å². The second-order valence-electron chi connectivity index (χ2n) is 6.22. The third-order valence-corrected chi connectivity index (χ3v) is 5.43. The Hall–Kier alpha value is -1.75. The number of rotatable bonds is 4. The first-order chi connectivity index (χ1) is 11.7. The zero-order chi connectivity index (χ0) is 16.9. The predicted molar refractivity (Wildman–Crippen MR) is 97.5 cm³/mol. The summed E-state index contributed by atoms with van der Waals surface area (Å²) >= 11 is 1.72. The maximum absolute atomic E-state index is 12.0. The van der Waals surface area contributed by atoms with E-state index in [4.69, 9.17) is 4.74 Å². The van der Waals surface area contributed by atoms with Crippen molar-refractivity contribution >= 4 is 17.7 Å². The summed E-state index contributed by atoms with van der Waals surface area (Å²) in [7, 11) is 1.40. The summed E-state index contributed by atoms with van der Waals surface area (Å²) in [6.07, 6.45) is 9.35. The van der Waals surface area contributed by atoms with Crippen LogP contribution >= 0.6 is 11.8 Å². The van der Waals surface area contributed by atoms with E-state index < -0.39 is 0 Å². The molecule has 0 atom stereocenters. The lowest BCUT2D eigenvalue weighted by atomic mass is 10.1. The van der Waals surface area contributed by atoms with Crippen LogP contribution in [0.4, 0.5) is 0 Å². The minimum Gasteiger partial charge on any atom is -0.464 e. The van der Waals surface area contributed by atoms with E-state index in [1.54, 1.807) is 11.8 Å². The molecule has 1 saturated carbocycles. The van der Waals surface area contributed by atoms with Crippen LogP contribution in [-0.2, 0) is 4.74 Å². The largest absolute Gasteiger partial charge is 0.464 e. The van der Waals surface area contributed by atoms with Crippen molar-refractivity contribution in [2.45, 2.75) is 49.5 Å². The number of hydrogen-bond acceptors (Lipinski definition) is 4. The van der Waals surface area contributed by atoms with Gasteiger partial charge in [-0.2, -0.15) is 5.10 Å². The summed E-state index contributed by atoms with van der Waals surface area (Å²) in [5.41, 5.74) is 2.50. The molecule has 0 amide bonds. The Labute approximate surface area is 147 Å². The van der Waals surface area contributed by atoms with Crippen molar-refractivity contribution in [1.29, 1.82) is 0 Å². The van der Waals surface area contributed by atoms with Gasteiger partial charge < -0.3 is 4.74 Å². The van der Waals surface area contributed by atoms with Gasteiger partial charge in [0.05, 0.1) is 18.8 Å². The molecular formula is C19H24N2O2S. The molecular weight excluding hydrogens is 320 g/mol. The normalized spacial score (nSPS) is 15.9. The third kappa shape index (κ3) is 3.66. The van der Waals surface area contributed by atoms with Gasteiger partial charge in [0, 0.05) is 4.90 Å². The van der Waals surface area contributed by atoms with Crippen LogP contribution in [0.5, 0.6) is 0 Å². The van der Waals surface area contributed by atoms with Gasteiger partial charge in [-0.1, -0.05) is 37.8 Å². The number of benzene rings is 1. The number of esters is 1. The van der Waals surface area contributed by atoms with Crippen LogP contribution < -0.4 is 0 Å². The summed E-state index contributed by atoms with van der Waals surface area (Å²) in [5.74, 6) is -0.371. The first-order valence-corrected chi connectivity index (χ1v) is 9.77. The van der Waals surface area contributed by atoms with Gasteiger partial charge in [0.15, 0.2) is 5.69 Å². The highest BCUT2D eigenvalue weighted by atomic mass is 32.2. The topological polar surface area (TPSA) is 44.1 Å². The Bertz CT molecular complexity index is 686. The number of aromatic nitrogens is 2. The Morgan fingerprint density at radius 3 is 2.42 bits per heavy atom. The second kappa shape index (κ2) is 7.88. The lowest BCUT2D eigenvalue weighted by Gasteiger charge is -2.18. The molecule has 0 unspecified atom stereocenters. The first kappa shape index (κ1) is 17.1. The molecule has 4 nitrogen and oxygen atoms in total. The molecule has 1 heterocycles. The standard InChI is InChI=1S/C19H24N2O2S/c1-23-19(22)17-13-18(14-9-11-16(24-2)12-10-14)21(20-17)15-7-5-3-4-6-8-15/h9-13,15H,3-8H2,1-2H3. The number of nitrogens with zero attached hydrogens (tertiary/aromatic N) is 2. The molecule has 3 rings (SSSR count). The number of hydrogen-bond donors (Lipinski definition) is 0. The van der Waals surface area contributed by atoms with E-state index in [1.807, 2.05) is 6.07 Å². The van der Waals surface area contributed by atoms with Crippen LogP contribution in [0.3, 0.4) is 0 Å². The second-order valence-corrected chi connectivity index (χ2v) is 7.10. The van der Waals surface area contributed by atoms with Crippen molar-refractivity contribution in [3.63, 3.8) is 0 Å². The molecule has 0 bridgehead atoms. The minimum atomic E-state index is -0.371. The summed E-state index contributed by atoms with van der Waals surface area (Å²) in [6, 6.07) is 10.7. The molecule has 1 aliphatic carbocycles. The molecule has 1 aromatic heterocycles. The fourth-order valence-electron chi connectivity index (χ4n) is 3.36. The van der Waals surface area contributed by atoms with Gasteiger partial charge in [-0.05, 0) is 42.9 Å². The Morgan fingerprint density at radius 2 is 1.83 bits per heavy atom. The Kier molecular flexibility index (Phi) is 5.61. The van der Waals surface area contributed by atoms with Crippen molar-refractivity contribution < 1.29 is 9.53 Å². The van der Waals surface area contributed by atoms with Gasteiger partial charge in [0.25, 0.3) is 0 Å². The van der Waals surface area contributed by atoms with E-state index in [1.165, 1.54) is 37.7 Å². The van der Waals surface area contributed by atoms with Crippen LogP contribution in [0.25, 0.3) is 11.3 Å². The zero-order valence-electron chi connectivity index (χ0n) is 14.3. The first-order valence-electron chi connectivity index (χ1n) is 8.55. The highest BCUT2D eigenvalue weighted by Crippen LogP contribution is 2.32. The van der Waals surface area contributed by atoms with E-state index in [9.17, 15) is 4.79 Å². The fraction of sp³-hybridized carbons (Fsp3) is 0.474. The van der Waals surface area contributed by atoms with Crippen molar-refractivity contribution in [2.24, 2.45) is 0 Å². The van der Waals surface area contributed by atoms with Gasteiger partial charge in [0.1, 0.15) is 0 Å². The molecule has 1 aliphatic rings. The molecule has 1 fully saturated rings. The number of methoxy groups -OCH3 is 1. The Morgan fingerprint density at radius 1 is 1.17 bits per heavy atom. The highest BCUT2D eigenvalue weighted by molar-refractivity contribution is 7.98. The average Bonchev–Trinajstić information content (AvgIpc) is 2.89. The molecule has 0 saturated heterocycles. The Balaban J connectivity index is 2.00. The van der Waals surface area contributed by atoms with Gasteiger partial charge in [-0.3, -0.25) is 4.68 Å². The van der Waals surface area contributed by atoms with Gasteiger partial charge in [0.2, 0.25) is 0 Å². The molecule has 1 aromatic carbocycles. The molecule has 2 aromatic rings. The van der Waals surface area contributed by atoms with Crippen LogP contribution in [0.15, 0.2) is 35.2 Å². The molecule has 128 valence electrons. The number of ether oxygens (including phenoxy) is 1. The van der Waals surface area contributed by atoms with E-state index in [0.29, 0.717) is 11.7 Å².